The Labute approximate surface area is 222 Å². The number of nitrogens with one attached hydrogen (secondary N) is 2. The average Bonchev–Trinajstić information content (AvgIpc) is 2.91. The third-order valence-electron chi connectivity index (χ3n) is 8.97. The van der Waals surface area contributed by atoms with Crippen molar-refractivity contribution in [1.82, 2.24) is 10.3 Å². The number of aryl methyl sites for hydroxylation is 1. The van der Waals surface area contributed by atoms with E-state index < -0.39 is 0 Å². The van der Waals surface area contributed by atoms with Crippen molar-refractivity contribution in [2.45, 2.75) is 70.8 Å². The van der Waals surface area contributed by atoms with Crippen molar-refractivity contribution < 1.29 is 9.59 Å². The minimum absolute atomic E-state index is 0.0478. The molecule has 4 N–H and O–H groups in total. The predicted molar refractivity (Wildman–Crippen MR) is 149 cm³/mol. The molecule has 0 saturated heterocycles. The van der Waals surface area contributed by atoms with E-state index >= 15 is 0 Å². The van der Waals surface area contributed by atoms with Gasteiger partial charge in [0.25, 0.3) is 0 Å². The van der Waals surface area contributed by atoms with Gasteiger partial charge in [-0.1, -0.05) is 38.1 Å². The van der Waals surface area contributed by atoms with E-state index in [2.05, 4.69) is 47.7 Å². The molecular weight excluding hydrogens is 460 g/mol. The van der Waals surface area contributed by atoms with Gasteiger partial charge < -0.3 is 21.2 Å². The lowest BCUT2D eigenvalue weighted by Crippen LogP contribution is -2.52. The van der Waals surface area contributed by atoms with Crippen LogP contribution in [-0.2, 0) is 16.0 Å². The number of nitrogens with two attached hydrogens (primary N) is 1. The minimum atomic E-state index is -0.194. The first-order valence-electron chi connectivity index (χ1n) is 14.0. The zero-order chi connectivity index (χ0) is 26.4. The van der Waals surface area contributed by atoms with Gasteiger partial charge in [-0.3, -0.25) is 9.78 Å². The Kier molecular flexibility index (Phi) is 9.01. The van der Waals surface area contributed by atoms with Gasteiger partial charge in [0.15, 0.2) is 0 Å². The monoisotopic (exact) mass is 504 g/mol. The normalized spacial score (nSPS) is 31.1. The number of amides is 1. The first kappa shape index (κ1) is 27.3. The van der Waals surface area contributed by atoms with Crippen LogP contribution in [0.5, 0.6) is 0 Å². The van der Waals surface area contributed by atoms with Gasteiger partial charge in [0.2, 0.25) is 5.91 Å². The molecule has 2 saturated carbocycles. The number of hydrogen-bond donors (Lipinski definition) is 3. The van der Waals surface area contributed by atoms with Crippen LogP contribution >= 0.6 is 0 Å². The van der Waals surface area contributed by atoms with Crippen molar-refractivity contribution in [2.24, 2.45) is 34.8 Å². The number of carbonyl (C=O) groups excluding carboxylic acids is 2. The van der Waals surface area contributed by atoms with Gasteiger partial charge in [0.05, 0.1) is 5.92 Å². The van der Waals surface area contributed by atoms with E-state index in [4.69, 9.17) is 5.73 Å². The first-order valence-corrected chi connectivity index (χ1v) is 14.0. The molecular formula is C31H44N4O2. The van der Waals surface area contributed by atoms with Crippen LogP contribution in [0.3, 0.4) is 0 Å². The smallest absolute Gasteiger partial charge is 0.227 e. The second kappa shape index (κ2) is 12.2. The number of carbonyl (C=O) groups is 2. The van der Waals surface area contributed by atoms with Crippen molar-refractivity contribution in [3.05, 3.63) is 59.9 Å². The molecule has 200 valence electrons. The van der Waals surface area contributed by atoms with Crippen LogP contribution in [0.25, 0.3) is 0 Å². The highest BCUT2D eigenvalue weighted by atomic mass is 16.1. The number of hydrogen-bond acceptors (Lipinski definition) is 5. The van der Waals surface area contributed by atoms with Crippen molar-refractivity contribution in [2.75, 3.05) is 18.9 Å². The van der Waals surface area contributed by atoms with Gasteiger partial charge in [-0.05, 0) is 91.9 Å². The quantitative estimate of drug-likeness (QED) is 0.484. The zero-order valence-corrected chi connectivity index (χ0v) is 22.7. The van der Waals surface area contributed by atoms with Gasteiger partial charge in [-0.15, -0.1) is 0 Å². The van der Waals surface area contributed by atoms with E-state index in [1.165, 1.54) is 23.8 Å². The summed E-state index contributed by atoms with van der Waals surface area (Å²) >= 11 is 0. The highest BCUT2D eigenvalue weighted by molar-refractivity contribution is 5.84. The second-order valence-corrected chi connectivity index (χ2v) is 11.9. The number of fused-ring (bicyclic) bond motifs is 3. The average molecular weight is 505 g/mol. The Bertz CT molecular complexity index is 1040. The maximum Gasteiger partial charge on any atom is 0.227 e. The number of aromatic nitrogens is 1. The van der Waals surface area contributed by atoms with Crippen LogP contribution in [-0.4, -0.2) is 36.8 Å². The van der Waals surface area contributed by atoms with Crippen LogP contribution < -0.4 is 16.4 Å². The molecule has 1 heterocycles. The van der Waals surface area contributed by atoms with Crippen molar-refractivity contribution in [1.29, 1.82) is 0 Å². The molecule has 3 aliphatic rings. The lowest BCUT2D eigenvalue weighted by atomic mass is 9.55. The molecule has 37 heavy (non-hydrogen) atoms. The molecule has 1 aromatic carbocycles. The predicted octanol–water partition coefficient (Wildman–Crippen LogP) is 4.95. The molecule has 0 aliphatic heterocycles. The van der Waals surface area contributed by atoms with E-state index in [-0.39, 0.29) is 23.3 Å². The van der Waals surface area contributed by atoms with Crippen LogP contribution in [0.4, 0.5) is 5.69 Å². The van der Waals surface area contributed by atoms with Crippen LogP contribution in [0.15, 0.2) is 48.8 Å². The fourth-order valence-electron chi connectivity index (χ4n) is 7.45. The number of nitrogens with zero attached hydrogens (tertiary/aromatic N) is 1. The van der Waals surface area contributed by atoms with E-state index in [1.807, 2.05) is 25.2 Å². The minimum Gasteiger partial charge on any atom is -0.388 e. The summed E-state index contributed by atoms with van der Waals surface area (Å²) in [6.45, 7) is 4.96. The molecule has 0 spiro atoms. The van der Waals surface area contributed by atoms with Crippen molar-refractivity contribution in [3.8, 4) is 0 Å². The number of anilines is 1. The highest BCUT2D eigenvalue weighted by Gasteiger charge is 2.47. The summed E-state index contributed by atoms with van der Waals surface area (Å²) in [5.74, 6) is 2.15. The Morgan fingerprint density at radius 1 is 1.19 bits per heavy atom. The van der Waals surface area contributed by atoms with Crippen LogP contribution in [0.1, 0.15) is 69.4 Å². The van der Waals surface area contributed by atoms with Crippen molar-refractivity contribution >= 4 is 17.9 Å². The van der Waals surface area contributed by atoms with E-state index in [0.29, 0.717) is 30.2 Å². The number of pyridine rings is 1. The maximum absolute atomic E-state index is 13.0. The summed E-state index contributed by atoms with van der Waals surface area (Å²) in [6.07, 6.45) is 12.0. The lowest BCUT2D eigenvalue weighted by Gasteiger charge is -2.51. The third-order valence-corrected chi connectivity index (χ3v) is 8.97. The third kappa shape index (κ3) is 6.59. The number of rotatable bonds is 6. The van der Waals surface area contributed by atoms with Gasteiger partial charge in [-0.2, -0.15) is 0 Å². The molecule has 2 aromatic rings. The van der Waals surface area contributed by atoms with Crippen LogP contribution in [0.2, 0.25) is 0 Å². The largest absolute Gasteiger partial charge is 0.388 e. The number of aldehydes is 1. The summed E-state index contributed by atoms with van der Waals surface area (Å²) in [4.78, 5) is 28.5. The van der Waals surface area contributed by atoms with Gasteiger partial charge in [0.1, 0.15) is 6.29 Å². The molecule has 2 bridgehead atoms. The van der Waals surface area contributed by atoms with Crippen LogP contribution in [0, 0.1) is 29.1 Å². The molecule has 6 heteroatoms. The fourth-order valence-corrected chi connectivity index (χ4v) is 7.45. The molecule has 6 nitrogen and oxygen atoms in total. The number of benzene rings is 1. The van der Waals surface area contributed by atoms with Gasteiger partial charge >= 0.3 is 0 Å². The van der Waals surface area contributed by atoms with E-state index in [1.54, 1.807) is 12.4 Å². The first-order chi connectivity index (χ1) is 17.8. The standard InChI is InChI=1S/C25H36N2O2.C6H8N2/c1-16-10-17-11-19(13-25(2,12-17)15-28)23(16)22(26)14-27-24(29)21-9-5-7-18-6-3-4-8-20(18)21;1-7-6-2-4-8-5-3-6/h3-4,6,8,15-17,19,21-23H,5,7,9-14,26H2,1-2H3,(H,27,29);2-5H,1H3,(H,7,8). The lowest BCUT2D eigenvalue weighted by molar-refractivity contribution is -0.123. The SMILES string of the molecule is CC1CC2CC(CC(C)(C=O)C2)C1C(N)CNC(=O)C1CCCc2ccccc21.CNc1ccncc1. The zero-order valence-electron chi connectivity index (χ0n) is 22.7. The molecule has 7 atom stereocenters. The summed E-state index contributed by atoms with van der Waals surface area (Å²) in [5, 5.41) is 6.17. The van der Waals surface area contributed by atoms with Gasteiger partial charge in [0, 0.05) is 43.1 Å². The summed E-state index contributed by atoms with van der Waals surface area (Å²) in [7, 11) is 1.88. The van der Waals surface area contributed by atoms with E-state index in [9.17, 15) is 9.59 Å². The fraction of sp³-hybridized carbons (Fsp3) is 0.581. The second-order valence-electron chi connectivity index (χ2n) is 11.9. The summed E-state index contributed by atoms with van der Waals surface area (Å²) in [6, 6.07) is 12.1. The molecule has 2 fully saturated rings. The molecule has 1 aromatic heterocycles. The maximum atomic E-state index is 13.0. The molecule has 5 rings (SSSR count). The molecule has 3 aliphatic carbocycles. The topological polar surface area (TPSA) is 97.1 Å². The van der Waals surface area contributed by atoms with Gasteiger partial charge in [-0.25, -0.2) is 0 Å². The van der Waals surface area contributed by atoms with E-state index in [0.717, 1.165) is 44.2 Å². The summed E-state index contributed by atoms with van der Waals surface area (Å²) < 4.78 is 0. The molecule has 7 unspecified atom stereocenters. The molecule has 0 radical (unpaired) electrons. The Hall–Kier alpha value is -2.73. The Morgan fingerprint density at radius 2 is 1.95 bits per heavy atom. The Morgan fingerprint density at radius 3 is 2.65 bits per heavy atom. The highest BCUT2D eigenvalue weighted by Crippen LogP contribution is 2.52. The molecule has 1 amide bonds. The summed E-state index contributed by atoms with van der Waals surface area (Å²) in [5.41, 5.74) is 10.1. The van der Waals surface area contributed by atoms with Crippen molar-refractivity contribution in [3.63, 3.8) is 0 Å². The Balaban J connectivity index is 0.000000342.